The number of hydrogen-bond acceptors (Lipinski definition) is 7. The number of allylic oxidation sites excluding steroid dienone is 1. The molecule has 1 aromatic heterocycles. The van der Waals surface area contributed by atoms with Gasteiger partial charge in [0.25, 0.3) is 0 Å². The van der Waals surface area contributed by atoms with Gasteiger partial charge in [0.15, 0.2) is 0 Å². The lowest BCUT2D eigenvalue weighted by atomic mass is 9.95. The SMILES string of the molecule is CCCCOC(=O)C1=C(C)Nc2nc(SCC)nn2C1c1cccc(OCc2ccccc2C)c1. The van der Waals surface area contributed by atoms with Gasteiger partial charge in [0.05, 0.1) is 12.2 Å². The molecule has 1 aliphatic rings. The number of hydrogen-bond donors (Lipinski definition) is 1. The van der Waals surface area contributed by atoms with Gasteiger partial charge in [-0.3, -0.25) is 0 Å². The van der Waals surface area contributed by atoms with Crippen LogP contribution in [-0.2, 0) is 16.1 Å². The van der Waals surface area contributed by atoms with Crippen molar-refractivity contribution in [2.45, 2.75) is 58.3 Å². The van der Waals surface area contributed by atoms with Gasteiger partial charge in [-0.15, -0.1) is 5.10 Å². The first-order valence-electron chi connectivity index (χ1n) is 12.0. The van der Waals surface area contributed by atoms with E-state index >= 15 is 0 Å². The van der Waals surface area contributed by atoms with Crippen LogP contribution in [0.1, 0.15) is 56.3 Å². The predicted molar refractivity (Wildman–Crippen MR) is 139 cm³/mol. The zero-order valence-electron chi connectivity index (χ0n) is 20.7. The minimum atomic E-state index is -0.471. The average Bonchev–Trinajstić information content (AvgIpc) is 3.25. The van der Waals surface area contributed by atoms with Crippen molar-refractivity contribution in [3.05, 3.63) is 76.5 Å². The minimum Gasteiger partial charge on any atom is -0.489 e. The van der Waals surface area contributed by atoms with Crippen LogP contribution >= 0.6 is 11.8 Å². The number of aryl methyl sites for hydroxylation is 1. The molecule has 0 saturated carbocycles. The molecular formula is C27H32N4O3S. The molecule has 0 saturated heterocycles. The van der Waals surface area contributed by atoms with Gasteiger partial charge in [0.2, 0.25) is 11.1 Å². The lowest BCUT2D eigenvalue weighted by Gasteiger charge is -2.28. The number of benzene rings is 2. The van der Waals surface area contributed by atoms with Gasteiger partial charge in [-0.25, -0.2) is 9.48 Å². The maximum absolute atomic E-state index is 13.2. The van der Waals surface area contributed by atoms with E-state index in [4.69, 9.17) is 14.6 Å². The molecular weight excluding hydrogens is 460 g/mol. The quantitative estimate of drug-likeness (QED) is 0.214. The molecule has 2 aromatic carbocycles. The zero-order chi connectivity index (χ0) is 24.8. The Bertz CT molecular complexity index is 1220. The standard InChI is InChI=1S/C27H32N4O3S/c1-5-7-15-33-25(32)23-19(4)28-26-29-27(35-6-2)30-31(26)24(23)20-13-10-14-22(16-20)34-17-21-12-9-8-11-18(21)3/h8-14,16,24H,5-7,15,17H2,1-4H3,(H,28,29,30). The third kappa shape index (κ3) is 5.70. The monoisotopic (exact) mass is 492 g/mol. The molecule has 35 heavy (non-hydrogen) atoms. The maximum atomic E-state index is 13.2. The summed E-state index contributed by atoms with van der Waals surface area (Å²) in [6.45, 7) is 8.94. The van der Waals surface area contributed by atoms with E-state index < -0.39 is 6.04 Å². The second-order valence-electron chi connectivity index (χ2n) is 8.44. The van der Waals surface area contributed by atoms with Crippen LogP contribution in [0, 0.1) is 6.92 Å². The van der Waals surface area contributed by atoms with E-state index in [1.165, 1.54) is 5.56 Å². The molecule has 1 atom stereocenters. The minimum absolute atomic E-state index is 0.342. The van der Waals surface area contributed by atoms with Crippen molar-refractivity contribution in [3.8, 4) is 5.75 Å². The summed E-state index contributed by atoms with van der Waals surface area (Å²) in [5, 5.41) is 8.64. The van der Waals surface area contributed by atoms with Gasteiger partial charge in [0.1, 0.15) is 18.4 Å². The summed E-state index contributed by atoms with van der Waals surface area (Å²) >= 11 is 1.56. The van der Waals surface area contributed by atoms with E-state index in [1.54, 1.807) is 16.4 Å². The predicted octanol–water partition coefficient (Wildman–Crippen LogP) is 5.91. The zero-order valence-corrected chi connectivity index (χ0v) is 21.5. The Morgan fingerprint density at radius 1 is 1.14 bits per heavy atom. The number of anilines is 1. The topological polar surface area (TPSA) is 78.3 Å². The number of ether oxygens (including phenoxy) is 2. The van der Waals surface area contributed by atoms with Crippen LogP contribution < -0.4 is 10.1 Å². The number of unbranched alkanes of at least 4 members (excludes halogenated alkanes) is 1. The van der Waals surface area contributed by atoms with Crippen LogP contribution in [0.25, 0.3) is 0 Å². The number of nitrogens with zero attached hydrogens (tertiary/aromatic N) is 3. The largest absolute Gasteiger partial charge is 0.489 e. The molecule has 1 N–H and O–H groups in total. The lowest BCUT2D eigenvalue weighted by Crippen LogP contribution is -2.29. The highest BCUT2D eigenvalue weighted by Crippen LogP contribution is 2.37. The number of rotatable bonds is 10. The smallest absolute Gasteiger partial charge is 0.338 e. The van der Waals surface area contributed by atoms with Crippen LogP contribution in [0.4, 0.5) is 5.95 Å². The van der Waals surface area contributed by atoms with Crippen LogP contribution in [-0.4, -0.2) is 33.1 Å². The van der Waals surface area contributed by atoms with Crippen LogP contribution in [0.3, 0.4) is 0 Å². The number of carbonyl (C=O) groups is 1. The van der Waals surface area contributed by atoms with Crippen molar-refractivity contribution >= 4 is 23.7 Å². The van der Waals surface area contributed by atoms with Crippen molar-refractivity contribution in [3.63, 3.8) is 0 Å². The number of thioether (sulfide) groups is 1. The van der Waals surface area contributed by atoms with Crippen molar-refractivity contribution in [2.24, 2.45) is 0 Å². The Labute approximate surface area is 210 Å². The van der Waals surface area contributed by atoms with Gasteiger partial charge < -0.3 is 14.8 Å². The van der Waals surface area contributed by atoms with Crippen LogP contribution in [0.15, 0.2) is 65.0 Å². The van der Waals surface area contributed by atoms with Gasteiger partial charge in [-0.1, -0.05) is 68.4 Å². The normalized spacial score (nSPS) is 14.9. The summed E-state index contributed by atoms with van der Waals surface area (Å²) in [5.41, 5.74) is 4.45. The molecule has 8 heteroatoms. The fraction of sp³-hybridized carbons (Fsp3) is 0.370. The van der Waals surface area contributed by atoms with Crippen molar-refractivity contribution in [2.75, 3.05) is 17.7 Å². The summed E-state index contributed by atoms with van der Waals surface area (Å²) in [4.78, 5) is 17.9. The van der Waals surface area contributed by atoms with E-state index in [1.807, 2.05) is 43.3 Å². The molecule has 0 spiro atoms. The molecule has 1 unspecified atom stereocenters. The fourth-order valence-electron chi connectivity index (χ4n) is 3.99. The average molecular weight is 493 g/mol. The number of carbonyl (C=O) groups excluding carboxylic acids is 1. The molecule has 0 radical (unpaired) electrons. The molecule has 0 amide bonds. The van der Waals surface area contributed by atoms with Gasteiger partial charge in [-0.2, -0.15) is 4.98 Å². The Balaban J connectivity index is 1.68. The molecule has 4 rings (SSSR count). The van der Waals surface area contributed by atoms with Crippen molar-refractivity contribution in [1.82, 2.24) is 14.8 Å². The van der Waals surface area contributed by atoms with Crippen molar-refractivity contribution in [1.29, 1.82) is 0 Å². The first-order valence-corrected chi connectivity index (χ1v) is 13.0. The number of esters is 1. The summed E-state index contributed by atoms with van der Waals surface area (Å²) in [6.07, 6.45) is 1.78. The highest BCUT2D eigenvalue weighted by molar-refractivity contribution is 7.99. The van der Waals surface area contributed by atoms with Gasteiger partial charge in [-0.05, 0) is 54.8 Å². The fourth-order valence-corrected chi connectivity index (χ4v) is 4.54. The molecule has 0 bridgehead atoms. The molecule has 0 fully saturated rings. The third-order valence-corrected chi connectivity index (χ3v) is 6.61. The van der Waals surface area contributed by atoms with E-state index in [9.17, 15) is 4.79 Å². The second-order valence-corrected chi connectivity index (χ2v) is 9.67. The molecule has 3 aromatic rings. The number of aromatic nitrogens is 3. The summed E-state index contributed by atoms with van der Waals surface area (Å²) in [5.74, 6) is 1.85. The molecule has 2 heterocycles. The maximum Gasteiger partial charge on any atom is 0.338 e. The second kappa shape index (κ2) is 11.4. The molecule has 7 nitrogen and oxygen atoms in total. The van der Waals surface area contributed by atoms with Crippen LogP contribution in [0.2, 0.25) is 0 Å². The van der Waals surface area contributed by atoms with E-state index in [0.29, 0.717) is 29.9 Å². The van der Waals surface area contributed by atoms with Crippen LogP contribution in [0.5, 0.6) is 5.75 Å². The van der Waals surface area contributed by atoms with Gasteiger partial charge >= 0.3 is 5.97 Å². The summed E-state index contributed by atoms with van der Waals surface area (Å²) < 4.78 is 13.5. The molecule has 0 aliphatic carbocycles. The van der Waals surface area contributed by atoms with Crippen molar-refractivity contribution < 1.29 is 14.3 Å². The van der Waals surface area contributed by atoms with E-state index in [2.05, 4.69) is 43.2 Å². The summed E-state index contributed by atoms with van der Waals surface area (Å²) in [7, 11) is 0. The Morgan fingerprint density at radius 3 is 2.74 bits per heavy atom. The van der Waals surface area contributed by atoms with E-state index in [0.717, 1.165) is 41.2 Å². The highest BCUT2D eigenvalue weighted by atomic mass is 32.2. The lowest BCUT2D eigenvalue weighted by molar-refractivity contribution is -0.139. The first kappa shape index (κ1) is 24.9. The Hall–Kier alpha value is -3.26. The van der Waals surface area contributed by atoms with Gasteiger partial charge in [0, 0.05) is 5.70 Å². The molecule has 184 valence electrons. The Kier molecular flexibility index (Phi) is 8.13. The third-order valence-electron chi connectivity index (χ3n) is 5.89. The highest BCUT2D eigenvalue weighted by Gasteiger charge is 2.35. The summed E-state index contributed by atoms with van der Waals surface area (Å²) in [6, 6.07) is 15.5. The molecule has 1 aliphatic heterocycles. The number of fused-ring (bicyclic) bond motifs is 1. The van der Waals surface area contributed by atoms with E-state index in [-0.39, 0.29) is 5.97 Å². The number of nitrogens with one attached hydrogen (secondary N) is 1. The Morgan fingerprint density at radius 2 is 1.97 bits per heavy atom. The first-order chi connectivity index (χ1) is 17.0.